The van der Waals surface area contributed by atoms with Gasteiger partial charge in [-0.2, -0.15) is 0 Å². The molecule has 1 aliphatic rings. The van der Waals surface area contributed by atoms with Crippen molar-refractivity contribution in [2.24, 2.45) is 0 Å². The van der Waals surface area contributed by atoms with Crippen LogP contribution in [0.25, 0.3) is 0 Å². The molecule has 1 aromatic carbocycles. The molecule has 0 aromatic heterocycles. The van der Waals surface area contributed by atoms with Crippen LogP contribution in [-0.4, -0.2) is 49.1 Å². The Labute approximate surface area is 224 Å². The molecule has 1 saturated heterocycles. The maximum atomic E-state index is 13.3. The number of ether oxygens (including phenoxy) is 2. The molecule has 37 heavy (non-hydrogen) atoms. The summed E-state index contributed by atoms with van der Waals surface area (Å²) in [5.41, 5.74) is 0.701. The number of methoxy groups -OCH3 is 1. The summed E-state index contributed by atoms with van der Waals surface area (Å²) in [5.74, 6) is -1.31. The number of carbonyl (C=O) groups excluding carboxylic acids is 2. The van der Waals surface area contributed by atoms with Gasteiger partial charge in [-0.3, -0.25) is 0 Å². The highest BCUT2D eigenvalue weighted by atomic mass is 16.7. The molecule has 8 heteroatoms. The van der Waals surface area contributed by atoms with Crippen molar-refractivity contribution in [3.05, 3.63) is 34.9 Å². The third kappa shape index (κ3) is 7.50. The highest BCUT2D eigenvalue weighted by Crippen LogP contribution is 2.43. The number of hydrogen-bond acceptors (Lipinski definition) is 6. The van der Waals surface area contributed by atoms with Gasteiger partial charge in [-0.15, -0.1) is 0 Å². The van der Waals surface area contributed by atoms with Crippen LogP contribution in [0.4, 0.5) is 4.79 Å². The molecule has 0 aliphatic carbocycles. The molecule has 2 rings (SSSR count). The minimum atomic E-state index is -1.11. The Balaban J connectivity index is 2.78. The lowest BCUT2D eigenvalue weighted by Gasteiger charge is -2.32. The highest BCUT2D eigenvalue weighted by molar-refractivity contribution is 6.48. The zero-order chi connectivity index (χ0) is 28.8. The first kappa shape index (κ1) is 31.2. The number of amides is 1. The van der Waals surface area contributed by atoms with Gasteiger partial charge < -0.3 is 24.1 Å². The minimum absolute atomic E-state index is 0.157. The molecule has 7 nitrogen and oxygen atoms in total. The summed E-state index contributed by atoms with van der Waals surface area (Å²) in [7, 11) is 0.478. The highest BCUT2D eigenvalue weighted by Gasteiger charge is 2.57. The molecule has 1 aliphatic heterocycles. The van der Waals surface area contributed by atoms with Gasteiger partial charge in [0, 0.05) is 0 Å². The van der Waals surface area contributed by atoms with Crippen LogP contribution >= 0.6 is 0 Å². The maximum absolute atomic E-state index is 13.3. The lowest BCUT2D eigenvalue weighted by molar-refractivity contribution is -0.143. The van der Waals surface area contributed by atoms with Crippen molar-refractivity contribution in [2.45, 2.75) is 130 Å². The summed E-state index contributed by atoms with van der Waals surface area (Å²) in [5, 5.41) is 2.78. The van der Waals surface area contributed by atoms with Gasteiger partial charge >= 0.3 is 19.2 Å². The second-order valence-electron chi connectivity index (χ2n) is 14.1. The summed E-state index contributed by atoms with van der Waals surface area (Å²) in [6, 6.07) is 5.26. The fourth-order valence-corrected chi connectivity index (χ4v) is 4.11. The molecule has 0 spiro atoms. The number of benzene rings is 1. The van der Waals surface area contributed by atoms with Gasteiger partial charge in [-0.05, 0) is 76.0 Å². The second-order valence-corrected chi connectivity index (χ2v) is 14.1. The van der Waals surface area contributed by atoms with E-state index in [4.69, 9.17) is 18.8 Å². The molecule has 0 saturated carbocycles. The lowest BCUT2D eigenvalue weighted by Crippen LogP contribution is -2.52. The minimum Gasteiger partial charge on any atom is -0.467 e. The van der Waals surface area contributed by atoms with Gasteiger partial charge in [0.2, 0.25) is 0 Å². The quantitative estimate of drug-likeness (QED) is 0.378. The molecule has 1 fully saturated rings. The summed E-state index contributed by atoms with van der Waals surface area (Å²) >= 11 is 0. The predicted molar refractivity (Wildman–Crippen MR) is 148 cm³/mol. The molecule has 0 radical (unpaired) electrons. The van der Waals surface area contributed by atoms with E-state index in [1.165, 1.54) is 7.11 Å². The normalized spacial score (nSPS) is 19.2. The van der Waals surface area contributed by atoms with E-state index in [2.05, 4.69) is 65.1 Å². The maximum Gasteiger partial charge on any atom is 0.468 e. The van der Waals surface area contributed by atoms with E-state index < -0.39 is 47.8 Å². The van der Waals surface area contributed by atoms with Crippen molar-refractivity contribution < 1.29 is 28.4 Å². The third-order valence-electron chi connectivity index (χ3n) is 7.12. The number of hydrogen-bond donors (Lipinski definition) is 1. The molecular formula is C29H48BNO6. The molecule has 0 unspecified atom stereocenters. The predicted octanol–water partition coefficient (Wildman–Crippen LogP) is 6.06. The Hall–Kier alpha value is -2.06. The van der Waals surface area contributed by atoms with Crippen LogP contribution in [0.15, 0.2) is 18.2 Å². The van der Waals surface area contributed by atoms with Gasteiger partial charge in [-0.25, -0.2) is 9.59 Å². The Morgan fingerprint density at radius 2 is 1.27 bits per heavy atom. The fourth-order valence-electron chi connectivity index (χ4n) is 4.11. The average molecular weight is 518 g/mol. The average Bonchev–Trinajstić information content (AvgIpc) is 2.90. The van der Waals surface area contributed by atoms with E-state index in [1.807, 2.05) is 27.7 Å². The van der Waals surface area contributed by atoms with Gasteiger partial charge in [0.25, 0.3) is 0 Å². The Bertz CT molecular complexity index is 949. The first-order valence-corrected chi connectivity index (χ1v) is 13.1. The van der Waals surface area contributed by atoms with Crippen LogP contribution in [0.2, 0.25) is 0 Å². The molecule has 1 N–H and O–H groups in total. The molecule has 0 bridgehead atoms. The van der Waals surface area contributed by atoms with Gasteiger partial charge in [0.15, 0.2) is 0 Å². The first-order chi connectivity index (χ1) is 16.5. The van der Waals surface area contributed by atoms with Crippen molar-refractivity contribution in [1.82, 2.24) is 5.32 Å². The first-order valence-electron chi connectivity index (χ1n) is 13.1. The van der Waals surface area contributed by atoms with Crippen LogP contribution in [0, 0.1) is 0 Å². The van der Waals surface area contributed by atoms with E-state index in [9.17, 15) is 9.59 Å². The topological polar surface area (TPSA) is 83.1 Å². The van der Waals surface area contributed by atoms with E-state index in [0.717, 1.165) is 16.7 Å². The number of esters is 1. The van der Waals surface area contributed by atoms with Gasteiger partial charge in [0.1, 0.15) is 11.6 Å². The Kier molecular flexibility index (Phi) is 8.64. The van der Waals surface area contributed by atoms with Crippen LogP contribution in [0.1, 0.15) is 113 Å². The number of alkyl carbamates (subject to hydrolysis) is 1. The summed E-state index contributed by atoms with van der Waals surface area (Å²) in [6.45, 7) is 26.1. The van der Waals surface area contributed by atoms with E-state index in [0.29, 0.717) is 0 Å². The van der Waals surface area contributed by atoms with Crippen molar-refractivity contribution in [2.75, 3.05) is 7.11 Å². The summed E-state index contributed by atoms with van der Waals surface area (Å²) in [6.07, 6.45) is -0.715. The number of nitrogens with one attached hydrogen (secondary N) is 1. The van der Waals surface area contributed by atoms with Crippen LogP contribution in [0.5, 0.6) is 0 Å². The number of carbonyl (C=O) groups is 2. The second kappa shape index (κ2) is 10.3. The van der Waals surface area contributed by atoms with Gasteiger partial charge in [0.05, 0.1) is 24.1 Å². The summed E-state index contributed by atoms with van der Waals surface area (Å²) in [4.78, 5) is 26.2. The molecule has 1 heterocycles. The monoisotopic (exact) mass is 517 g/mol. The van der Waals surface area contributed by atoms with Crippen molar-refractivity contribution in [3.63, 3.8) is 0 Å². The molecule has 1 aromatic rings. The van der Waals surface area contributed by atoms with E-state index >= 15 is 0 Å². The van der Waals surface area contributed by atoms with Crippen LogP contribution in [0.3, 0.4) is 0 Å². The standard InChI is InChI=1S/C29H48BNO6/c1-25(2,3)19-15-18(16-20(17-19)26(4,5)6)21(30-36-28(10,11)29(12,13)37-30)22(23(32)34-14)31-24(33)35-27(7,8)9/h15-17,21-22H,1-14H3,(H,31,33)/t21-,22+/m1/s1. The molecule has 208 valence electrons. The smallest absolute Gasteiger partial charge is 0.467 e. The van der Waals surface area contributed by atoms with Crippen molar-refractivity contribution in [3.8, 4) is 0 Å². The van der Waals surface area contributed by atoms with Crippen LogP contribution < -0.4 is 5.32 Å². The van der Waals surface area contributed by atoms with Crippen LogP contribution in [-0.2, 0) is 34.4 Å². The summed E-state index contributed by atoms with van der Waals surface area (Å²) < 4.78 is 23.6. The van der Waals surface area contributed by atoms with Crippen molar-refractivity contribution >= 4 is 19.2 Å². The van der Waals surface area contributed by atoms with E-state index in [1.54, 1.807) is 20.8 Å². The lowest BCUT2D eigenvalue weighted by atomic mass is 9.62. The molecule has 2 atom stereocenters. The van der Waals surface area contributed by atoms with E-state index in [-0.39, 0.29) is 10.8 Å². The zero-order valence-corrected chi connectivity index (χ0v) is 25.4. The largest absolute Gasteiger partial charge is 0.468 e. The van der Waals surface area contributed by atoms with Crippen molar-refractivity contribution in [1.29, 1.82) is 0 Å². The zero-order valence-electron chi connectivity index (χ0n) is 25.4. The number of rotatable bonds is 5. The molecule has 1 amide bonds. The SMILES string of the molecule is COC(=O)[C@@H](NC(=O)OC(C)(C)C)[C@H](B1OC(C)(C)C(C)(C)O1)c1cc(C(C)(C)C)cc(C(C)(C)C)c1. The van der Waals surface area contributed by atoms with Gasteiger partial charge in [-0.1, -0.05) is 59.7 Å². The third-order valence-corrected chi connectivity index (χ3v) is 7.12. The fraction of sp³-hybridized carbons (Fsp3) is 0.724. The Morgan fingerprint density at radius 3 is 1.62 bits per heavy atom. The Morgan fingerprint density at radius 1 is 0.838 bits per heavy atom. The molecular weight excluding hydrogens is 469 g/mol.